The Bertz CT molecular complexity index is 849. The van der Waals surface area contributed by atoms with E-state index in [2.05, 4.69) is 10.6 Å². The number of carbonyl (C=O) groups excluding carboxylic acids is 2. The molecular formula is C21H23ClN2O2. The molecule has 0 bridgehead atoms. The largest absolute Gasteiger partial charge is 0.351 e. The summed E-state index contributed by atoms with van der Waals surface area (Å²) >= 11 is 6.27. The number of halogens is 1. The van der Waals surface area contributed by atoms with Gasteiger partial charge in [0.05, 0.1) is 10.7 Å². The number of amides is 2. The summed E-state index contributed by atoms with van der Waals surface area (Å²) < 4.78 is 0. The van der Waals surface area contributed by atoms with Crippen LogP contribution < -0.4 is 10.6 Å². The Kier molecular flexibility index (Phi) is 5.05. The second-order valence-electron chi connectivity index (χ2n) is 7.08. The van der Waals surface area contributed by atoms with Gasteiger partial charge in [0.15, 0.2) is 0 Å². The van der Waals surface area contributed by atoms with E-state index in [9.17, 15) is 9.59 Å². The highest BCUT2D eigenvalue weighted by molar-refractivity contribution is 6.34. The molecule has 2 N–H and O–H groups in total. The molecule has 1 fully saturated rings. The first-order chi connectivity index (χ1) is 12.3. The van der Waals surface area contributed by atoms with Gasteiger partial charge in [-0.05, 0) is 61.9 Å². The van der Waals surface area contributed by atoms with Crippen molar-refractivity contribution < 1.29 is 9.59 Å². The molecule has 0 aromatic heterocycles. The maximum Gasteiger partial charge on any atom is 0.240 e. The minimum Gasteiger partial charge on any atom is -0.351 e. The number of rotatable bonds is 5. The molecule has 26 heavy (non-hydrogen) atoms. The van der Waals surface area contributed by atoms with Crippen LogP contribution in [-0.4, -0.2) is 11.8 Å². The predicted molar refractivity (Wildman–Crippen MR) is 104 cm³/mol. The molecule has 1 aliphatic carbocycles. The molecule has 2 amide bonds. The molecule has 0 heterocycles. The molecule has 3 rings (SSSR count). The molecule has 5 heteroatoms. The third-order valence-corrected chi connectivity index (χ3v) is 5.29. The van der Waals surface area contributed by atoms with Crippen molar-refractivity contribution in [2.75, 3.05) is 5.32 Å². The lowest BCUT2D eigenvalue weighted by molar-refractivity contribution is -0.134. The van der Waals surface area contributed by atoms with Gasteiger partial charge in [-0.15, -0.1) is 0 Å². The second-order valence-corrected chi connectivity index (χ2v) is 7.49. The topological polar surface area (TPSA) is 58.2 Å². The van der Waals surface area contributed by atoms with Gasteiger partial charge in [0.1, 0.15) is 5.41 Å². The highest BCUT2D eigenvalue weighted by Crippen LogP contribution is 2.47. The summed E-state index contributed by atoms with van der Waals surface area (Å²) in [6.45, 7) is 6.27. The molecule has 1 aliphatic rings. The first kappa shape index (κ1) is 18.5. The lowest BCUT2D eigenvalue weighted by Gasteiger charge is -2.18. The molecule has 0 saturated heterocycles. The quantitative estimate of drug-likeness (QED) is 0.771. The van der Waals surface area contributed by atoms with Gasteiger partial charge in [-0.25, -0.2) is 0 Å². The lowest BCUT2D eigenvalue weighted by Crippen LogP contribution is -2.39. The van der Waals surface area contributed by atoms with Crippen LogP contribution in [0, 0.1) is 26.2 Å². The number of benzene rings is 2. The summed E-state index contributed by atoms with van der Waals surface area (Å²) in [7, 11) is 0. The van der Waals surface area contributed by atoms with E-state index in [1.54, 1.807) is 0 Å². The van der Waals surface area contributed by atoms with Crippen LogP contribution in [-0.2, 0) is 16.1 Å². The van der Waals surface area contributed by atoms with E-state index in [1.807, 2.05) is 57.2 Å². The number of hydrogen-bond acceptors (Lipinski definition) is 2. The van der Waals surface area contributed by atoms with Crippen molar-refractivity contribution in [2.24, 2.45) is 5.41 Å². The minimum absolute atomic E-state index is 0.223. The van der Waals surface area contributed by atoms with Crippen molar-refractivity contribution in [2.45, 2.75) is 40.2 Å². The van der Waals surface area contributed by atoms with Gasteiger partial charge in [0, 0.05) is 6.54 Å². The zero-order valence-corrected chi connectivity index (χ0v) is 16.0. The maximum atomic E-state index is 12.8. The lowest BCUT2D eigenvalue weighted by atomic mass is 10.0. The fraction of sp³-hybridized carbons (Fsp3) is 0.333. The van der Waals surface area contributed by atoms with Crippen LogP contribution in [0.1, 0.15) is 35.1 Å². The molecule has 0 spiro atoms. The average Bonchev–Trinajstić information content (AvgIpc) is 3.39. The average molecular weight is 371 g/mol. The Morgan fingerprint density at radius 2 is 1.73 bits per heavy atom. The van der Waals surface area contributed by atoms with Crippen LogP contribution in [0.3, 0.4) is 0 Å². The van der Waals surface area contributed by atoms with E-state index < -0.39 is 5.41 Å². The van der Waals surface area contributed by atoms with Gasteiger partial charge in [-0.3, -0.25) is 9.59 Å². The van der Waals surface area contributed by atoms with Crippen LogP contribution in [0.5, 0.6) is 0 Å². The van der Waals surface area contributed by atoms with Crippen LogP contribution in [0.4, 0.5) is 5.69 Å². The van der Waals surface area contributed by atoms with E-state index in [-0.39, 0.29) is 11.8 Å². The Balaban J connectivity index is 1.69. The summed E-state index contributed by atoms with van der Waals surface area (Å²) in [4.78, 5) is 25.4. The molecule has 4 nitrogen and oxygen atoms in total. The fourth-order valence-corrected chi connectivity index (χ4v) is 3.51. The van der Waals surface area contributed by atoms with E-state index >= 15 is 0 Å². The van der Waals surface area contributed by atoms with Gasteiger partial charge < -0.3 is 10.6 Å². The molecule has 1 saturated carbocycles. The summed E-state index contributed by atoms with van der Waals surface area (Å²) in [5.74, 6) is -0.507. The first-order valence-corrected chi connectivity index (χ1v) is 9.12. The Labute approximate surface area is 158 Å². The van der Waals surface area contributed by atoms with Crippen molar-refractivity contribution in [3.8, 4) is 0 Å². The van der Waals surface area contributed by atoms with Crippen molar-refractivity contribution in [1.82, 2.24) is 5.32 Å². The van der Waals surface area contributed by atoms with Crippen molar-refractivity contribution >= 4 is 29.1 Å². The molecule has 0 radical (unpaired) electrons. The summed E-state index contributed by atoms with van der Waals surface area (Å²) in [6, 6.07) is 11.6. The molecule has 2 aromatic rings. The summed E-state index contributed by atoms with van der Waals surface area (Å²) in [5.41, 5.74) is 3.68. The molecule has 0 unspecified atom stereocenters. The van der Waals surface area contributed by atoms with E-state index in [0.717, 1.165) is 22.3 Å². The van der Waals surface area contributed by atoms with Crippen molar-refractivity contribution in [3.05, 3.63) is 63.7 Å². The normalized spacial score (nSPS) is 14.6. The van der Waals surface area contributed by atoms with Crippen molar-refractivity contribution in [3.63, 3.8) is 0 Å². The highest BCUT2D eigenvalue weighted by Gasteiger charge is 2.56. The predicted octanol–water partition coefficient (Wildman–Crippen LogP) is 4.30. The van der Waals surface area contributed by atoms with E-state index in [1.165, 1.54) is 0 Å². The van der Waals surface area contributed by atoms with Crippen molar-refractivity contribution in [1.29, 1.82) is 0 Å². The summed E-state index contributed by atoms with van der Waals surface area (Å²) in [6.07, 6.45) is 1.11. The third-order valence-electron chi connectivity index (χ3n) is 4.99. The minimum atomic E-state index is -0.983. The standard InChI is InChI=1S/C21H23ClN2O2/c1-13-10-15(3)18(17(22)11-13)24-20(26)21(8-9-21)19(25)23-12-16-7-5-4-6-14(16)2/h4-7,10-11H,8-9,12H2,1-3H3,(H,23,25)(H,24,26). The Morgan fingerprint density at radius 3 is 2.35 bits per heavy atom. The zero-order chi connectivity index (χ0) is 18.9. The third kappa shape index (κ3) is 3.61. The molecular weight excluding hydrogens is 348 g/mol. The van der Waals surface area contributed by atoms with Gasteiger partial charge >= 0.3 is 0 Å². The number of carbonyl (C=O) groups is 2. The highest BCUT2D eigenvalue weighted by atomic mass is 35.5. The van der Waals surface area contributed by atoms with Crippen LogP contribution in [0.2, 0.25) is 5.02 Å². The van der Waals surface area contributed by atoms with E-state index in [4.69, 9.17) is 11.6 Å². The zero-order valence-electron chi connectivity index (χ0n) is 15.3. The van der Waals surface area contributed by atoms with Gasteiger partial charge in [0.2, 0.25) is 11.8 Å². The molecule has 2 aromatic carbocycles. The monoisotopic (exact) mass is 370 g/mol. The fourth-order valence-electron chi connectivity index (χ4n) is 3.14. The smallest absolute Gasteiger partial charge is 0.240 e. The Morgan fingerprint density at radius 1 is 1.04 bits per heavy atom. The van der Waals surface area contributed by atoms with Gasteiger partial charge in [0.25, 0.3) is 0 Å². The number of hydrogen-bond donors (Lipinski definition) is 2. The number of anilines is 1. The number of nitrogens with one attached hydrogen (secondary N) is 2. The molecule has 0 atom stereocenters. The van der Waals surface area contributed by atoms with Crippen LogP contribution >= 0.6 is 11.6 Å². The van der Waals surface area contributed by atoms with E-state index in [0.29, 0.717) is 30.1 Å². The first-order valence-electron chi connectivity index (χ1n) is 8.74. The molecule has 136 valence electrons. The SMILES string of the molecule is Cc1cc(C)c(NC(=O)C2(C(=O)NCc3ccccc3C)CC2)c(Cl)c1. The number of aryl methyl sites for hydroxylation is 3. The molecule has 0 aliphatic heterocycles. The van der Waals surface area contributed by atoms with Crippen LogP contribution in [0.25, 0.3) is 0 Å². The maximum absolute atomic E-state index is 12.8. The Hall–Kier alpha value is -2.33. The summed E-state index contributed by atoms with van der Waals surface area (Å²) in [5, 5.41) is 6.27. The van der Waals surface area contributed by atoms with Gasteiger partial charge in [-0.1, -0.05) is 41.9 Å². The van der Waals surface area contributed by atoms with Gasteiger partial charge in [-0.2, -0.15) is 0 Å². The van der Waals surface area contributed by atoms with Crippen LogP contribution in [0.15, 0.2) is 36.4 Å². The second kappa shape index (κ2) is 7.12.